The molecular formula is C12H22N4O. The molecule has 17 heavy (non-hydrogen) atoms. The maximum atomic E-state index is 11.9. The van der Waals surface area contributed by atoms with E-state index < -0.39 is 0 Å². The minimum absolute atomic E-state index is 0.0454. The summed E-state index contributed by atoms with van der Waals surface area (Å²) in [6.45, 7) is 6.99. The number of rotatable bonds is 7. The maximum absolute atomic E-state index is 11.9. The SMILES string of the molecule is CCCn1ncnc1CC(=O)C(N)CC(C)C. The first-order valence-electron chi connectivity index (χ1n) is 6.19. The van der Waals surface area contributed by atoms with Crippen molar-refractivity contribution in [2.45, 2.75) is 52.6 Å². The number of nitrogens with zero attached hydrogens (tertiary/aromatic N) is 3. The topological polar surface area (TPSA) is 73.8 Å². The van der Waals surface area contributed by atoms with Crippen LogP contribution in [0.1, 0.15) is 39.4 Å². The molecule has 0 aliphatic heterocycles. The molecule has 0 spiro atoms. The number of ketones is 1. The monoisotopic (exact) mass is 238 g/mol. The van der Waals surface area contributed by atoms with Crippen molar-refractivity contribution in [3.8, 4) is 0 Å². The number of aryl methyl sites for hydroxylation is 1. The molecule has 5 heteroatoms. The molecule has 0 saturated carbocycles. The molecule has 0 bridgehead atoms. The Morgan fingerprint density at radius 2 is 2.24 bits per heavy atom. The van der Waals surface area contributed by atoms with Crippen LogP contribution in [-0.2, 0) is 17.8 Å². The summed E-state index contributed by atoms with van der Waals surface area (Å²) in [7, 11) is 0. The highest BCUT2D eigenvalue weighted by atomic mass is 16.1. The third-order valence-electron chi connectivity index (χ3n) is 2.60. The van der Waals surface area contributed by atoms with Crippen LogP contribution in [0.5, 0.6) is 0 Å². The van der Waals surface area contributed by atoms with Gasteiger partial charge in [-0.25, -0.2) is 9.67 Å². The molecule has 2 N–H and O–H groups in total. The number of nitrogens with two attached hydrogens (primary N) is 1. The molecule has 0 aliphatic carbocycles. The van der Waals surface area contributed by atoms with E-state index in [2.05, 4.69) is 30.9 Å². The molecule has 1 unspecified atom stereocenters. The third kappa shape index (κ3) is 4.26. The molecule has 5 nitrogen and oxygen atoms in total. The molecule has 0 amide bonds. The smallest absolute Gasteiger partial charge is 0.157 e. The van der Waals surface area contributed by atoms with Crippen molar-refractivity contribution in [3.05, 3.63) is 12.2 Å². The van der Waals surface area contributed by atoms with Gasteiger partial charge in [-0.15, -0.1) is 0 Å². The average Bonchev–Trinajstić information content (AvgIpc) is 2.65. The highest BCUT2D eigenvalue weighted by molar-refractivity contribution is 5.85. The van der Waals surface area contributed by atoms with Crippen molar-refractivity contribution < 1.29 is 4.79 Å². The van der Waals surface area contributed by atoms with Gasteiger partial charge in [0.05, 0.1) is 12.5 Å². The Morgan fingerprint density at radius 3 is 2.82 bits per heavy atom. The molecule has 1 aromatic heterocycles. The second kappa shape index (κ2) is 6.49. The molecular weight excluding hydrogens is 216 g/mol. The summed E-state index contributed by atoms with van der Waals surface area (Å²) < 4.78 is 1.78. The number of carbonyl (C=O) groups is 1. The molecule has 0 aliphatic rings. The molecule has 0 saturated heterocycles. The number of aromatic nitrogens is 3. The summed E-state index contributed by atoms with van der Waals surface area (Å²) in [5, 5.41) is 4.09. The zero-order chi connectivity index (χ0) is 12.8. The Hall–Kier alpha value is -1.23. The van der Waals surface area contributed by atoms with Gasteiger partial charge in [0, 0.05) is 6.54 Å². The van der Waals surface area contributed by atoms with E-state index in [1.165, 1.54) is 6.33 Å². The van der Waals surface area contributed by atoms with Crippen LogP contribution in [0.2, 0.25) is 0 Å². The second-order valence-corrected chi connectivity index (χ2v) is 4.78. The minimum Gasteiger partial charge on any atom is -0.321 e. The quantitative estimate of drug-likeness (QED) is 0.774. The molecule has 0 aromatic carbocycles. The lowest BCUT2D eigenvalue weighted by atomic mass is 9.99. The van der Waals surface area contributed by atoms with Crippen molar-refractivity contribution in [1.82, 2.24) is 14.8 Å². The average molecular weight is 238 g/mol. The van der Waals surface area contributed by atoms with Gasteiger partial charge in [-0.1, -0.05) is 20.8 Å². The Labute approximate surface area is 102 Å². The summed E-state index contributed by atoms with van der Waals surface area (Å²) in [5.41, 5.74) is 5.85. The van der Waals surface area contributed by atoms with Crippen LogP contribution in [0, 0.1) is 5.92 Å². The summed E-state index contributed by atoms with van der Waals surface area (Å²) in [6, 6.07) is -0.387. The van der Waals surface area contributed by atoms with Crippen molar-refractivity contribution in [2.24, 2.45) is 11.7 Å². The lowest BCUT2D eigenvalue weighted by molar-refractivity contribution is -0.120. The first-order valence-corrected chi connectivity index (χ1v) is 6.19. The molecule has 1 heterocycles. The van der Waals surface area contributed by atoms with E-state index in [-0.39, 0.29) is 18.2 Å². The van der Waals surface area contributed by atoms with Gasteiger partial charge >= 0.3 is 0 Å². The normalized spacial score (nSPS) is 13.0. The van der Waals surface area contributed by atoms with E-state index in [0.717, 1.165) is 25.2 Å². The minimum atomic E-state index is -0.387. The largest absolute Gasteiger partial charge is 0.321 e. The van der Waals surface area contributed by atoms with E-state index >= 15 is 0 Å². The summed E-state index contributed by atoms with van der Waals surface area (Å²) in [5.74, 6) is 1.20. The molecule has 0 fully saturated rings. The summed E-state index contributed by atoms with van der Waals surface area (Å²) >= 11 is 0. The Bertz CT molecular complexity index is 359. The first-order chi connectivity index (χ1) is 8.04. The number of hydrogen-bond acceptors (Lipinski definition) is 4. The highest BCUT2D eigenvalue weighted by Crippen LogP contribution is 2.06. The van der Waals surface area contributed by atoms with E-state index in [1.54, 1.807) is 4.68 Å². The fraction of sp³-hybridized carbons (Fsp3) is 0.750. The van der Waals surface area contributed by atoms with Crippen LogP contribution in [0.25, 0.3) is 0 Å². The predicted molar refractivity (Wildman–Crippen MR) is 66.5 cm³/mol. The first kappa shape index (κ1) is 13.8. The summed E-state index contributed by atoms with van der Waals surface area (Å²) in [6.07, 6.45) is 3.48. The van der Waals surface area contributed by atoms with Crippen LogP contribution in [-0.4, -0.2) is 26.6 Å². The molecule has 1 atom stereocenters. The lowest BCUT2D eigenvalue weighted by Gasteiger charge is -2.12. The van der Waals surface area contributed by atoms with Crippen molar-refractivity contribution in [1.29, 1.82) is 0 Å². The van der Waals surface area contributed by atoms with Gasteiger partial charge in [0.25, 0.3) is 0 Å². The number of hydrogen-bond donors (Lipinski definition) is 1. The molecule has 96 valence electrons. The predicted octanol–water partition coefficient (Wildman–Crippen LogP) is 1.17. The fourth-order valence-corrected chi connectivity index (χ4v) is 1.75. The van der Waals surface area contributed by atoms with Crippen molar-refractivity contribution in [3.63, 3.8) is 0 Å². The van der Waals surface area contributed by atoms with Gasteiger partial charge in [0.2, 0.25) is 0 Å². The van der Waals surface area contributed by atoms with E-state index in [9.17, 15) is 4.79 Å². The molecule has 0 radical (unpaired) electrons. The number of Topliss-reactive ketones (excluding diaryl/α,β-unsaturated/α-hetero) is 1. The van der Waals surface area contributed by atoms with E-state index in [0.29, 0.717) is 5.92 Å². The Morgan fingerprint density at radius 1 is 1.53 bits per heavy atom. The van der Waals surface area contributed by atoms with E-state index in [1.807, 2.05) is 0 Å². The van der Waals surface area contributed by atoms with Crippen LogP contribution >= 0.6 is 0 Å². The zero-order valence-corrected chi connectivity index (χ0v) is 10.9. The standard InChI is InChI=1S/C12H22N4O/c1-4-5-16-12(14-8-15-16)7-11(17)10(13)6-9(2)3/h8-10H,4-7,13H2,1-3H3. The molecule has 1 rings (SSSR count). The zero-order valence-electron chi connectivity index (χ0n) is 10.9. The highest BCUT2D eigenvalue weighted by Gasteiger charge is 2.17. The van der Waals surface area contributed by atoms with Gasteiger partial charge in [-0.2, -0.15) is 5.10 Å². The van der Waals surface area contributed by atoms with Gasteiger partial charge in [-0.3, -0.25) is 4.79 Å². The Kier molecular flexibility index (Phi) is 5.28. The van der Waals surface area contributed by atoms with Gasteiger partial charge < -0.3 is 5.73 Å². The second-order valence-electron chi connectivity index (χ2n) is 4.78. The molecule has 1 aromatic rings. The van der Waals surface area contributed by atoms with Crippen LogP contribution in [0.15, 0.2) is 6.33 Å². The van der Waals surface area contributed by atoms with Crippen molar-refractivity contribution >= 4 is 5.78 Å². The van der Waals surface area contributed by atoms with Crippen molar-refractivity contribution in [2.75, 3.05) is 0 Å². The van der Waals surface area contributed by atoms with Crippen LogP contribution in [0.4, 0.5) is 0 Å². The lowest BCUT2D eigenvalue weighted by Crippen LogP contribution is -2.33. The third-order valence-corrected chi connectivity index (χ3v) is 2.60. The van der Waals surface area contributed by atoms with Gasteiger partial charge in [0.15, 0.2) is 5.78 Å². The summed E-state index contributed by atoms with van der Waals surface area (Å²) in [4.78, 5) is 16.0. The van der Waals surface area contributed by atoms with Gasteiger partial charge in [-0.05, 0) is 18.8 Å². The van der Waals surface area contributed by atoms with Crippen LogP contribution in [0.3, 0.4) is 0 Å². The fourth-order valence-electron chi connectivity index (χ4n) is 1.75. The van der Waals surface area contributed by atoms with Gasteiger partial charge in [0.1, 0.15) is 12.2 Å². The Balaban J connectivity index is 2.58. The van der Waals surface area contributed by atoms with Crippen LogP contribution < -0.4 is 5.73 Å². The maximum Gasteiger partial charge on any atom is 0.157 e. The van der Waals surface area contributed by atoms with E-state index in [4.69, 9.17) is 5.73 Å². The number of carbonyl (C=O) groups excluding carboxylic acids is 1.